The molecule has 3 nitrogen and oxygen atoms in total. The molecule has 2 rings (SSSR count). The fourth-order valence-corrected chi connectivity index (χ4v) is 2.01. The van der Waals surface area contributed by atoms with Crippen molar-refractivity contribution in [3.63, 3.8) is 0 Å². The first-order valence-corrected chi connectivity index (χ1v) is 5.99. The number of halogens is 1. The average molecular weight is 248 g/mol. The molecule has 96 valence electrons. The standard InChI is InChI=1S/C14H17FN2O/c1-4-13-11(8-17(3)16-13)14(18)10-6-5-9(2)12(15)7-10/h5-8,14,18H,4H2,1-3H3. The predicted molar refractivity (Wildman–Crippen MR) is 67.8 cm³/mol. The van der Waals surface area contributed by atoms with E-state index >= 15 is 0 Å². The molecule has 1 aromatic carbocycles. The average Bonchev–Trinajstić information content (AvgIpc) is 2.73. The van der Waals surface area contributed by atoms with Gasteiger partial charge in [-0.25, -0.2) is 4.39 Å². The second-order valence-corrected chi connectivity index (χ2v) is 4.47. The summed E-state index contributed by atoms with van der Waals surface area (Å²) >= 11 is 0. The molecule has 4 heteroatoms. The van der Waals surface area contributed by atoms with Crippen molar-refractivity contribution in [2.24, 2.45) is 7.05 Å². The lowest BCUT2D eigenvalue weighted by Crippen LogP contribution is -2.02. The zero-order valence-electron chi connectivity index (χ0n) is 10.8. The van der Waals surface area contributed by atoms with Gasteiger partial charge < -0.3 is 5.11 Å². The summed E-state index contributed by atoms with van der Waals surface area (Å²) in [6.45, 7) is 3.68. The maximum Gasteiger partial charge on any atom is 0.126 e. The van der Waals surface area contributed by atoms with E-state index in [-0.39, 0.29) is 5.82 Å². The van der Waals surface area contributed by atoms with Gasteiger partial charge in [0, 0.05) is 18.8 Å². The summed E-state index contributed by atoms with van der Waals surface area (Å²) in [7, 11) is 1.81. The van der Waals surface area contributed by atoms with Gasteiger partial charge in [-0.3, -0.25) is 4.68 Å². The number of aryl methyl sites for hydroxylation is 3. The van der Waals surface area contributed by atoms with Crippen LogP contribution in [0.3, 0.4) is 0 Å². The van der Waals surface area contributed by atoms with Gasteiger partial charge in [0.1, 0.15) is 11.9 Å². The largest absolute Gasteiger partial charge is 0.384 e. The van der Waals surface area contributed by atoms with Crippen molar-refractivity contribution in [1.82, 2.24) is 9.78 Å². The van der Waals surface area contributed by atoms with Gasteiger partial charge in [0.2, 0.25) is 0 Å². The number of hydrogen-bond acceptors (Lipinski definition) is 2. The monoisotopic (exact) mass is 248 g/mol. The number of aromatic nitrogens is 2. The fraction of sp³-hybridized carbons (Fsp3) is 0.357. The molecule has 0 aliphatic heterocycles. The van der Waals surface area contributed by atoms with E-state index in [1.54, 1.807) is 29.9 Å². The SMILES string of the molecule is CCc1nn(C)cc1C(O)c1ccc(C)c(F)c1. The smallest absolute Gasteiger partial charge is 0.126 e. The number of benzene rings is 1. The van der Waals surface area contributed by atoms with Gasteiger partial charge in [-0.05, 0) is 30.5 Å². The van der Waals surface area contributed by atoms with Gasteiger partial charge in [-0.1, -0.05) is 19.1 Å². The van der Waals surface area contributed by atoms with Gasteiger partial charge in [0.05, 0.1) is 5.69 Å². The lowest BCUT2D eigenvalue weighted by atomic mass is 10.00. The first-order valence-electron chi connectivity index (χ1n) is 5.99. The van der Waals surface area contributed by atoms with Gasteiger partial charge in [0.25, 0.3) is 0 Å². The van der Waals surface area contributed by atoms with Crippen LogP contribution in [-0.2, 0) is 13.5 Å². The highest BCUT2D eigenvalue weighted by atomic mass is 19.1. The minimum Gasteiger partial charge on any atom is -0.384 e. The summed E-state index contributed by atoms with van der Waals surface area (Å²) in [5.41, 5.74) is 2.71. The highest BCUT2D eigenvalue weighted by Crippen LogP contribution is 2.25. The normalized spacial score (nSPS) is 12.7. The second-order valence-electron chi connectivity index (χ2n) is 4.47. The van der Waals surface area contributed by atoms with Crippen LogP contribution in [0.25, 0.3) is 0 Å². The molecule has 0 aliphatic carbocycles. The molecule has 0 bridgehead atoms. The third-order valence-electron chi connectivity index (χ3n) is 3.08. The van der Waals surface area contributed by atoms with Crippen LogP contribution < -0.4 is 0 Å². The topological polar surface area (TPSA) is 38.0 Å². The van der Waals surface area contributed by atoms with E-state index in [0.717, 1.165) is 17.7 Å². The first-order chi connectivity index (χ1) is 8.52. The molecular formula is C14H17FN2O. The summed E-state index contributed by atoms with van der Waals surface area (Å²) in [4.78, 5) is 0. The molecule has 0 amide bonds. The van der Waals surface area contributed by atoms with Crippen molar-refractivity contribution in [1.29, 1.82) is 0 Å². The van der Waals surface area contributed by atoms with Crippen LogP contribution in [0.1, 0.15) is 35.4 Å². The highest BCUT2D eigenvalue weighted by Gasteiger charge is 2.17. The second kappa shape index (κ2) is 4.90. The minimum absolute atomic E-state index is 0.298. The van der Waals surface area contributed by atoms with Gasteiger partial charge in [0.15, 0.2) is 0 Å². The van der Waals surface area contributed by atoms with Crippen molar-refractivity contribution in [3.8, 4) is 0 Å². The molecule has 1 atom stereocenters. The number of nitrogens with zero attached hydrogens (tertiary/aromatic N) is 2. The molecule has 1 unspecified atom stereocenters. The summed E-state index contributed by atoms with van der Waals surface area (Å²) in [5.74, 6) is -0.298. The molecular weight excluding hydrogens is 231 g/mol. The Balaban J connectivity index is 2.40. The third kappa shape index (κ3) is 2.29. The first kappa shape index (κ1) is 12.8. The molecule has 18 heavy (non-hydrogen) atoms. The van der Waals surface area contributed by atoms with E-state index in [1.807, 2.05) is 14.0 Å². The molecule has 1 heterocycles. The lowest BCUT2D eigenvalue weighted by Gasteiger charge is -2.11. The Kier molecular flexibility index (Phi) is 3.48. The van der Waals surface area contributed by atoms with Crippen molar-refractivity contribution < 1.29 is 9.50 Å². The molecule has 0 saturated carbocycles. The number of rotatable bonds is 3. The Labute approximate surface area is 106 Å². The van der Waals surface area contributed by atoms with E-state index in [0.29, 0.717) is 11.1 Å². The quantitative estimate of drug-likeness (QED) is 0.906. The zero-order valence-corrected chi connectivity index (χ0v) is 10.8. The Morgan fingerprint density at radius 2 is 2.17 bits per heavy atom. The summed E-state index contributed by atoms with van der Waals surface area (Å²) < 4.78 is 15.2. The molecule has 0 saturated heterocycles. The van der Waals surface area contributed by atoms with Crippen LogP contribution in [0.5, 0.6) is 0 Å². The predicted octanol–water partition coefficient (Wildman–Crippen LogP) is 2.51. The van der Waals surface area contributed by atoms with E-state index in [9.17, 15) is 9.50 Å². The minimum atomic E-state index is -0.830. The Bertz CT molecular complexity index is 563. The number of hydrogen-bond donors (Lipinski definition) is 1. The van der Waals surface area contributed by atoms with E-state index in [2.05, 4.69) is 5.10 Å². The molecule has 1 N–H and O–H groups in total. The highest BCUT2D eigenvalue weighted by molar-refractivity contribution is 5.33. The number of aliphatic hydroxyl groups excluding tert-OH is 1. The Hall–Kier alpha value is -1.68. The van der Waals surface area contributed by atoms with Crippen molar-refractivity contribution in [2.75, 3.05) is 0 Å². The third-order valence-corrected chi connectivity index (χ3v) is 3.08. The molecule has 1 aromatic heterocycles. The Morgan fingerprint density at radius 3 is 2.78 bits per heavy atom. The van der Waals surface area contributed by atoms with Crippen LogP contribution in [0, 0.1) is 12.7 Å². The van der Waals surface area contributed by atoms with Crippen LogP contribution in [0.2, 0.25) is 0 Å². The van der Waals surface area contributed by atoms with Crippen LogP contribution >= 0.6 is 0 Å². The van der Waals surface area contributed by atoms with Crippen LogP contribution in [0.4, 0.5) is 4.39 Å². The van der Waals surface area contributed by atoms with E-state index < -0.39 is 6.10 Å². The van der Waals surface area contributed by atoms with Crippen LogP contribution in [0.15, 0.2) is 24.4 Å². The maximum absolute atomic E-state index is 13.5. The Morgan fingerprint density at radius 1 is 1.44 bits per heavy atom. The van der Waals surface area contributed by atoms with Gasteiger partial charge >= 0.3 is 0 Å². The molecule has 0 radical (unpaired) electrons. The summed E-state index contributed by atoms with van der Waals surface area (Å²) in [6, 6.07) is 4.80. The zero-order chi connectivity index (χ0) is 13.3. The molecule has 0 spiro atoms. The molecule has 0 fully saturated rings. The van der Waals surface area contributed by atoms with E-state index in [1.165, 1.54) is 6.07 Å². The number of aliphatic hydroxyl groups is 1. The molecule has 0 aliphatic rings. The van der Waals surface area contributed by atoms with Crippen molar-refractivity contribution in [3.05, 3.63) is 52.6 Å². The van der Waals surface area contributed by atoms with Crippen molar-refractivity contribution in [2.45, 2.75) is 26.4 Å². The van der Waals surface area contributed by atoms with E-state index in [4.69, 9.17) is 0 Å². The van der Waals surface area contributed by atoms with Gasteiger partial charge in [-0.2, -0.15) is 5.10 Å². The lowest BCUT2D eigenvalue weighted by molar-refractivity contribution is 0.218. The van der Waals surface area contributed by atoms with Crippen molar-refractivity contribution >= 4 is 0 Å². The molecule has 2 aromatic rings. The van der Waals surface area contributed by atoms with Gasteiger partial charge in [-0.15, -0.1) is 0 Å². The summed E-state index contributed by atoms with van der Waals surface area (Å²) in [5, 5.41) is 14.6. The fourth-order valence-electron chi connectivity index (χ4n) is 2.01. The van der Waals surface area contributed by atoms with Crippen LogP contribution in [-0.4, -0.2) is 14.9 Å². The maximum atomic E-state index is 13.5. The summed E-state index contributed by atoms with van der Waals surface area (Å²) in [6.07, 6.45) is 1.69.